The molecule has 7 heteroatoms. The summed E-state index contributed by atoms with van der Waals surface area (Å²) in [5.41, 5.74) is 0.900. The van der Waals surface area contributed by atoms with Crippen LogP contribution < -0.4 is 15.5 Å². The average Bonchev–Trinajstić information content (AvgIpc) is 2.45. The van der Waals surface area contributed by atoms with E-state index in [9.17, 15) is 9.18 Å². The first kappa shape index (κ1) is 18.5. The van der Waals surface area contributed by atoms with Gasteiger partial charge in [0, 0.05) is 25.3 Å². The van der Waals surface area contributed by atoms with Crippen molar-refractivity contribution in [2.45, 2.75) is 45.5 Å². The molecule has 3 N–H and O–H groups in total. The molecule has 0 spiro atoms. The normalized spacial score (nSPS) is 22.1. The third-order valence-electron chi connectivity index (χ3n) is 3.81. The maximum atomic E-state index is 14.4. The lowest BCUT2D eigenvalue weighted by Crippen LogP contribution is -2.45. The number of aliphatic hydroxyl groups excluding tert-OH is 1. The van der Waals surface area contributed by atoms with Crippen LogP contribution >= 0.6 is 0 Å². The van der Waals surface area contributed by atoms with Gasteiger partial charge in [0.2, 0.25) is 0 Å². The largest absolute Gasteiger partial charge is 0.393 e. The molecule has 0 bridgehead atoms. The maximum absolute atomic E-state index is 14.4. The summed E-state index contributed by atoms with van der Waals surface area (Å²) in [7, 11) is 0. The molecule has 3 atom stereocenters. The van der Waals surface area contributed by atoms with Crippen LogP contribution in [0.1, 0.15) is 27.2 Å². The molecule has 1 aromatic carbocycles. The van der Waals surface area contributed by atoms with Gasteiger partial charge in [-0.3, -0.25) is 0 Å². The minimum atomic E-state index is -0.472. The second-order valence-corrected chi connectivity index (χ2v) is 6.35. The first-order valence-corrected chi connectivity index (χ1v) is 8.28. The molecule has 1 saturated heterocycles. The second-order valence-electron chi connectivity index (χ2n) is 6.35. The van der Waals surface area contributed by atoms with Gasteiger partial charge >= 0.3 is 6.03 Å². The van der Waals surface area contributed by atoms with E-state index in [2.05, 4.69) is 10.6 Å². The van der Waals surface area contributed by atoms with Gasteiger partial charge in [0.1, 0.15) is 5.82 Å². The van der Waals surface area contributed by atoms with Gasteiger partial charge in [0.15, 0.2) is 0 Å². The smallest absolute Gasteiger partial charge is 0.319 e. The molecule has 24 heavy (non-hydrogen) atoms. The average molecular weight is 339 g/mol. The van der Waals surface area contributed by atoms with Crippen LogP contribution in [-0.4, -0.2) is 49.1 Å². The molecule has 1 aromatic rings. The van der Waals surface area contributed by atoms with Gasteiger partial charge in [-0.15, -0.1) is 0 Å². The van der Waals surface area contributed by atoms with Crippen molar-refractivity contribution in [2.75, 3.05) is 29.9 Å². The van der Waals surface area contributed by atoms with Crippen LogP contribution in [0.5, 0.6) is 0 Å². The van der Waals surface area contributed by atoms with E-state index < -0.39 is 12.1 Å². The number of hydrogen-bond donors (Lipinski definition) is 3. The van der Waals surface area contributed by atoms with Crippen LogP contribution in [0.4, 0.5) is 20.6 Å². The predicted molar refractivity (Wildman–Crippen MR) is 91.9 cm³/mol. The number of ether oxygens (including phenoxy) is 1. The number of aliphatic hydroxyl groups is 1. The Hall–Kier alpha value is -1.86. The highest BCUT2D eigenvalue weighted by Gasteiger charge is 2.24. The van der Waals surface area contributed by atoms with Crippen LogP contribution in [0.15, 0.2) is 18.2 Å². The van der Waals surface area contributed by atoms with Crippen molar-refractivity contribution in [2.24, 2.45) is 0 Å². The Morgan fingerprint density at radius 1 is 1.42 bits per heavy atom. The van der Waals surface area contributed by atoms with Crippen molar-refractivity contribution >= 4 is 17.4 Å². The van der Waals surface area contributed by atoms with Crippen molar-refractivity contribution in [3.63, 3.8) is 0 Å². The Bertz CT molecular complexity index is 558. The molecular formula is C17H26FN3O3. The number of hydrogen-bond acceptors (Lipinski definition) is 4. The maximum Gasteiger partial charge on any atom is 0.319 e. The Balaban J connectivity index is 1.95. The number of carbonyl (C=O) groups excluding carboxylic acids is 1. The Labute approximate surface area is 142 Å². The van der Waals surface area contributed by atoms with E-state index in [1.165, 1.54) is 6.07 Å². The van der Waals surface area contributed by atoms with Crippen LogP contribution in [0.3, 0.4) is 0 Å². The second kappa shape index (κ2) is 8.30. The number of nitrogens with one attached hydrogen (secondary N) is 2. The Morgan fingerprint density at radius 2 is 2.08 bits per heavy atom. The molecule has 1 aliphatic heterocycles. The van der Waals surface area contributed by atoms with Crippen molar-refractivity contribution in [3.05, 3.63) is 24.0 Å². The molecule has 6 nitrogen and oxygen atoms in total. The number of morpholine rings is 1. The zero-order chi connectivity index (χ0) is 17.7. The standard InChI is InChI=1S/C17H26FN3O3/c1-11(22)6-7-19-17(23)20-14-4-5-16(15(18)8-14)21-9-12(2)24-13(3)10-21/h4-5,8,11-13,22H,6-7,9-10H2,1-3H3,(H2,19,20,23)/t11-,12-,13+/m0/s1. The molecule has 0 aromatic heterocycles. The molecule has 0 radical (unpaired) electrons. The molecule has 1 fully saturated rings. The number of carbonyl (C=O) groups is 1. The number of amides is 2. The zero-order valence-corrected chi connectivity index (χ0v) is 14.4. The lowest BCUT2D eigenvalue weighted by Gasteiger charge is -2.37. The van der Waals surface area contributed by atoms with Crippen molar-refractivity contribution in [1.29, 1.82) is 0 Å². The van der Waals surface area contributed by atoms with Crippen LogP contribution in [0.2, 0.25) is 0 Å². The first-order chi connectivity index (χ1) is 11.3. The third kappa shape index (κ3) is 5.35. The van der Waals surface area contributed by atoms with E-state index in [0.29, 0.717) is 37.4 Å². The third-order valence-corrected chi connectivity index (χ3v) is 3.81. The lowest BCUT2D eigenvalue weighted by molar-refractivity contribution is -0.00539. The molecule has 0 aliphatic carbocycles. The molecule has 134 valence electrons. The fraction of sp³-hybridized carbons (Fsp3) is 0.588. The van der Waals surface area contributed by atoms with Crippen LogP contribution in [-0.2, 0) is 4.74 Å². The first-order valence-electron chi connectivity index (χ1n) is 8.28. The summed E-state index contributed by atoms with van der Waals surface area (Å²) in [6, 6.07) is 4.24. The molecule has 0 unspecified atom stereocenters. The molecule has 2 rings (SSSR count). The fourth-order valence-electron chi connectivity index (χ4n) is 2.79. The summed E-state index contributed by atoms with van der Waals surface area (Å²) in [5.74, 6) is -0.377. The monoisotopic (exact) mass is 339 g/mol. The molecule has 2 amide bonds. The Kier molecular flexibility index (Phi) is 6.39. The minimum absolute atomic E-state index is 0.0469. The van der Waals surface area contributed by atoms with Crippen molar-refractivity contribution < 1.29 is 19.0 Å². The van der Waals surface area contributed by atoms with E-state index in [1.807, 2.05) is 18.7 Å². The number of halogens is 1. The van der Waals surface area contributed by atoms with Crippen LogP contribution in [0, 0.1) is 5.82 Å². The summed E-state index contributed by atoms with van der Waals surface area (Å²) < 4.78 is 20.1. The molecule has 1 heterocycles. The SMILES string of the molecule is C[C@H](O)CCNC(=O)Nc1ccc(N2C[C@@H](C)O[C@@H](C)C2)c(F)c1. The van der Waals surface area contributed by atoms with Crippen molar-refractivity contribution in [3.8, 4) is 0 Å². The zero-order valence-electron chi connectivity index (χ0n) is 14.4. The number of benzene rings is 1. The summed E-state index contributed by atoms with van der Waals surface area (Å²) in [6.45, 7) is 7.21. The minimum Gasteiger partial charge on any atom is -0.393 e. The van der Waals surface area contributed by atoms with Gasteiger partial charge < -0.3 is 25.4 Å². The summed E-state index contributed by atoms with van der Waals surface area (Å²) in [6.07, 6.45) is 0.0883. The highest BCUT2D eigenvalue weighted by Crippen LogP contribution is 2.26. The predicted octanol–water partition coefficient (Wildman–Crippen LogP) is 2.33. The molecule has 0 saturated carbocycles. The lowest BCUT2D eigenvalue weighted by atomic mass is 10.2. The van der Waals surface area contributed by atoms with Crippen LogP contribution in [0.25, 0.3) is 0 Å². The van der Waals surface area contributed by atoms with E-state index in [1.54, 1.807) is 19.1 Å². The highest BCUT2D eigenvalue weighted by molar-refractivity contribution is 5.89. The summed E-state index contributed by atoms with van der Waals surface area (Å²) >= 11 is 0. The summed E-state index contributed by atoms with van der Waals surface area (Å²) in [5, 5.41) is 14.3. The van der Waals surface area contributed by atoms with Gasteiger partial charge in [0.25, 0.3) is 0 Å². The number of rotatable bonds is 5. The van der Waals surface area contributed by atoms with Gasteiger partial charge in [-0.25, -0.2) is 9.18 Å². The molecular weight excluding hydrogens is 313 g/mol. The van der Waals surface area contributed by atoms with E-state index in [-0.39, 0.29) is 18.0 Å². The number of urea groups is 1. The van der Waals surface area contributed by atoms with Gasteiger partial charge in [0.05, 0.1) is 24.0 Å². The van der Waals surface area contributed by atoms with Gasteiger partial charge in [-0.1, -0.05) is 0 Å². The highest BCUT2D eigenvalue weighted by atomic mass is 19.1. The topological polar surface area (TPSA) is 73.8 Å². The van der Waals surface area contributed by atoms with Gasteiger partial charge in [-0.05, 0) is 45.4 Å². The fourth-order valence-corrected chi connectivity index (χ4v) is 2.79. The Morgan fingerprint density at radius 3 is 2.67 bits per heavy atom. The van der Waals surface area contributed by atoms with E-state index in [0.717, 1.165) is 0 Å². The quantitative estimate of drug-likeness (QED) is 0.770. The number of anilines is 2. The summed E-state index contributed by atoms with van der Waals surface area (Å²) in [4.78, 5) is 13.7. The molecule has 1 aliphatic rings. The van der Waals surface area contributed by atoms with Crippen molar-refractivity contribution in [1.82, 2.24) is 5.32 Å². The van der Waals surface area contributed by atoms with E-state index in [4.69, 9.17) is 9.84 Å². The van der Waals surface area contributed by atoms with Gasteiger partial charge in [-0.2, -0.15) is 0 Å². The number of nitrogens with zero attached hydrogens (tertiary/aromatic N) is 1. The van der Waals surface area contributed by atoms with E-state index >= 15 is 0 Å².